The lowest BCUT2D eigenvalue weighted by Crippen LogP contribution is -2.20. The zero-order valence-corrected chi connectivity index (χ0v) is 16.2. The van der Waals surface area contributed by atoms with Gasteiger partial charge in [0.25, 0.3) is 0 Å². The lowest BCUT2D eigenvalue weighted by Gasteiger charge is -2.17. The van der Waals surface area contributed by atoms with Crippen molar-refractivity contribution in [3.05, 3.63) is 59.0 Å². The summed E-state index contributed by atoms with van der Waals surface area (Å²) in [5.41, 5.74) is 1.26. The maximum absolute atomic E-state index is 14.4. The average Bonchev–Trinajstić information content (AvgIpc) is 2.84. The number of hydrogen-bond acceptors (Lipinski definition) is 2. The van der Waals surface area contributed by atoms with Crippen LogP contribution in [0.1, 0.15) is 38.3 Å². The van der Waals surface area contributed by atoms with Crippen molar-refractivity contribution >= 4 is 22.8 Å². The van der Waals surface area contributed by atoms with Gasteiger partial charge in [0.1, 0.15) is 23.0 Å². The maximum Gasteiger partial charge on any atom is 0.226 e. The minimum absolute atomic E-state index is 0.0311. The molecule has 1 amide bonds. The van der Waals surface area contributed by atoms with Gasteiger partial charge in [0.2, 0.25) is 5.91 Å². The molecular weight excluding hydrogens is 367 g/mol. The summed E-state index contributed by atoms with van der Waals surface area (Å²) in [6, 6.07) is 4.98. The van der Waals surface area contributed by atoms with Crippen molar-refractivity contribution in [1.82, 2.24) is 9.55 Å². The SMILES string of the molecule is Cc1cc2c(nc1NC(=O)CC(C)(C)C)c(F)cn2Cc1ccc(F)cc1F. The molecule has 2 heterocycles. The third-order valence-corrected chi connectivity index (χ3v) is 4.30. The van der Waals surface area contributed by atoms with Crippen LogP contribution in [0.25, 0.3) is 11.0 Å². The van der Waals surface area contributed by atoms with E-state index in [4.69, 9.17) is 0 Å². The number of pyridine rings is 1. The standard InChI is InChI=1S/C21H22F3N3O/c1-12-7-17-19(26-20(12)25-18(28)9-21(2,3)4)16(24)11-27(17)10-13-5-6-14(22)8-15(13)23/h5-8,11H,9-10H2,1-4H3,(H,25,26,28). The average molecular weight is 389 g/mol. The lowest BCUT2D eigenvalue weighted by atomic mass is 9.92. The van der Waals surface area contributed by atoms with E-state index >= 15 is 0 Å². The molecule has 3 rings (SSSR count). The highest BCUT2D eigenvalue weighted by molar-refractivity contribution is 5.92. The van der Waals surface area contributed by atoms with Gasteiger partial charge in [-0.25, -0.2) is 18.2 Å². The van der Waals surface area contributed by atoms with Crippen molar-refractivity contribution in [1.29, 1.82) is 0 Å². The first kappa shape index (κ1) is 19.9. The first-order valence-corrected chi connectivity index (χ1v) is 8.93. The minimum Gasteiger partial charge on any atom is -0.339 e. The Kier molecular flexibility index (Phi) is 5.19. The highest BCUT2D eigenvalue weighted by atomic mass is 19.1. The Labute approximate surface area is 161 Å². The summed E-state index contributed by atoms with van der Waals surface area (Å²) in [5, 5.41) is 2.73. The predicted octanol–water partition coefficient (Wildman–Crippen LogP) is 5.19. The number of aryl methyl sites for hydroxylation is 1. The molecule has 1 N–H and O–H groups in total. The van der Waals surface area contributed by atoms with Gasteiger partial charge in [0.15, 0.2) is 5.82 Å². The molecule has 1 aromatic carbocycles. The molecule has 148 valence electrons. The maximum atomic E-state index is 14.4. The Hall–Kier alpha value is -2.83. The zero-order chi connectivity index (χ0) is 20.6. The van der Waals surface area contributed by atoms with Gasteiger partial charge in [-0.3, -0.25) is 4.79 Å². The van der Waals surface area contributed by atoms with E-state index in [0.29, 0.717) is 23.3 Å². The molecule has 3 aromatic rings. The van der Waals surface area contributed by atoms with E-state index in [2.05, 4.69) is 10.3 Å². The number of halogens is 3. The van der Waals surface area contributed by atoms with Gasteiger partial charge >= 0.3 is 0 Å². The largest absolute Gasteiger partial charge is 0.339 e. The molecule has 0 bridgehead atoms. The second-order valence-corrected chi connectivity index (χ2v) is 8.15. The van der Waals surface area contributed by atoms with Crippen molar-refractivity contribution in [3.8, 4) is 0 Å². The molecular formula is C21H22F3N3O. The lowest BCUT2D eigenvalue weighted by molar-refractivity contribution is -0.117. The van der Waals surface area contributed by atoms with E-state index in [1.165, 1.54) is 16.8 Å². The van der Waals surface area contributed by atoms with Gasteiger partial charge in [-0.05, 0) is 30.0 Å². The number of carbonyl (C=O) groups excluding carboxylic acids is 1. The van der Waals surface area contributed by atoms with Crippen LogP contribution in [0.5, 0.6) is 0 Å². The van der Waals surface area contributed by atoms with Crippen LogP contribution in [0.15, 0.2) is 30.5 Å². The second-order valence-electron chi connectivity index (χ2n) is 8.15. The van der Waals surface area contributed by atoms with Crippen LogP contribution >= 0.6 is 0 Å². The van der Waals surface area contributed by atoms with Crippen LogP contribution in [0.4, 0.5) is 19.0 Å². The zero-order valence-electron chi connectivity index (χ0n) is 16.2. The summed E-state index contributed by atoms with van der Waals surface area (Å²) in [6.45, 7) is 7.63. The Balaban J connectivity index is 1.93. The number of aromatic nitrogens is 2. The summed E-state index contributed by atoms with van der Waals surface area (Å²) < 4.78 is 43.0. The van der Waals surface area contributed by atoms with E-state index in [9.17, 15) is 18.0 Å². The van der Waals surface area contributed by atoms with Gasteiger partial charge in [-0.1, -0.05) is 26.8 Å². The molecule has 0 saturated heterocycles. The third kappa shape index (κ3) is 4.35. The van der Waals surface area contributed by atoms with E-state index in [-0.39, 0.29) is 28.9 Å². The van der Waals surface area contributed by atoms with Crippen LogP contribution < -0.4 is 5.32 Å². The molecule has 0 aliphatic rings. The van der Waals surface area contributed by atoms with E-state index in [1.54, 1.807) is 13.0 Å². The molecule has 28 heavy (non-hydrogen) atoms. The number of amides is 1. The summed E-state index contributed by atoms with van der Waals surface area (Å²) >= 11 is 0. The van der Waals surface area contributed by atoms with Gasteiger partial charge in [0.05, 0.1) is 12.1 Å². The Morgan fingerprint density at radius 3 is 2.50 bits per heavy atom. The number of fused-ring (bicyclic) bond motifs is 1. The molecule has 4 nitrogen and oxygen atoms in total. The number of hydrogen-bond donors (Lipinski definition) is 1. The Morgan fingerprint density at radius 1 is 1.14 bits per heavy atom. The van der Waals surface area contributed by atoms with Crippen molar-refractivity contribution in [3.63, 3.8) is 0 Å². The summed E-state index contributed by atoms with van der Waals surface area (Å²) in [5.74, 6) is -1.85. The third-order valence-electron chi connectivity index (χ3n) is 4.30. The minimum atomic E-state index is -0.696. The predicted molar refractivity (Wildman–Crippen MR) is 103 cm³/mol. The summed E-state index contributed by atoms with van der Waals surface area (Å²) in [7, 11) is 0. The topological polar surface area (TPSA) is 46.9 Å². The quantitative estimate of drug-likeness (QED) is 0.668. The smallest absolute Gasteiger partial charge is 0.226 e. The van der Waals surface area contributed by atoms with E-state index < -0.39 is 17.5 Å². The highest BCUT2D eigenvalue weighted by Crippen LogP contribution is 2.26. The molecule has 0 atom stereocenters. The van der Waals surface area contributed by atoms with Crippen molar-refractivity contribution < 1.29 is 18.0 Å². The molecule has 7 heteroatoms. The number of benzene rings is 1. The Bertz CT molecular complexity index is 1050. The molecule has 0 aliphatic heterocycles. The molecule has 0 saturated carbocycles. The van der Waals surface area contributed by atoms with Crippen molar-refractivity contribution in [2.75, 3.05) is 5.32 Å². The summed E-state index contributed by atoms with van der Waals surface area (Å²) in [4.78, 5) is 16.5. The molecule has 2 aromatic heterocycles. The van der Waals surface area contributed by atoms with Crippen LogP contribution in [0.3, 0.4) is 0 Å². The van der Waals surface area contributed by atoms with Crippen molar-refractivity contribution in [2.24, 2.45) is 5.41 Å². The number of nitrogens with zero attached hydrogens (tertiary/aromatic N) is 2. The fourth-order valence-electron chi connectivity index (χ4n) is 3.01. The van der Waals surface area contributed by atoms with Crippen LogP contribution in [-0.2, 0) is 11.3 Å². The normalized spacial score (nSPS) is 11.8. The second kappa shape index (κ2) is 7.30. The molecule has 0 radical (unpaired) electrons. The molecule has 0 spiro atoms. The van der Waals surface area contributed by atoms with Gasteiger partial charge in [0, 0.05) is 24.2 Å². The number of carbonyl (C=O) groups is 1. The Morgan fingerprint density at radius 2 is 1.86 bits per heavy atom. The van der Waals surface area contributed by atoms with E-state index in [1.807, 2.05) is 20.8 Å². The molecule has 0 aliphatic carbocycles. The van der Waals surface area contributed by atoms with Crippen molar-refractivity contribution in [2.45, 2.75) is 40.7 Å². The fourth-order valence-corrected chi connectivity index (χ4v) is 3.01. The molecule has 0 unspecified atom stereocenters. The van der Waals surface area contributed by atoms with Gasteiger partial charge in [-0.2, -0.15) is 0 Å². The van der Waals surface area contributed by atoms with Crippen LogP contribution in [0.2, 0.25) is 0 Å². The highest BCUT2D eigenvalue weighted by Gasteiger charge is 2.19. The number of rotatable bonds is 4. The van der Waals surface area contributed by atoms with Crippen LogP contribution in [-0.4, -0.2) is 15.5 Å². The number of anilines is 1. The first-order chi connectivity index (χ1) is 13.0. The number of nitrogens with one attached hydrogen (secondary N) is 1. The fraction of sp³-hybridized carbons (Fsp3) is 0.333. The first-order valence-electron chi connectivity index (χ1n) is 8.93. The monoisotopic (exact) mass is 389 g/mol. The molecule has 0 fully saturated rings. The summed E-state index contributed by atoms with van der Waals surface area (Å²) in [6.07, 6.45) is 1.53. The van der Waals surface area contributed by atoms with Gasteiger partial charge < -0.3 is 9.88 Å². The van der Waals surface area contributed by atoms with Gasteiger partial charge in [-0.15, -0.1) is 0 Å². The van der Waals surface area contributed by atoms with Crippen LogP contribution in [0, 0.1) is 29.8 Å². The van der Waals surface area contributed by atoms with E-state index in [0.717, 1.165) is 12.1 Å².